The molecule has 170 valence electrons. The lowest BCUT2D eigenvalue weighted by atomic mass is 10.1. The smallest absolute Gasteiger partial charge is 0.244 e. The first-order valence-corrected chi connectivity index (χ1v) is 13.2. The van der Waals surface area contributed by atoms with Gasteiger partial charge in [0.15, 0.2) is 15.0 Å². The highest BCUT2D eigenvalue weighted by Crippen LogP contribution is 2.31. The Labute approximate surface area is 192 Å². The number of amides is 1. The highest BCUT2D eigenvalue weighted by molar-refractivity contribution is 7.92. The van der Waals surface area contributed by atoms with Crippen LogP contribution in [-0.4, -0.2) is 69.4 Å². The van der Waals surface area contributed by atoms with Crippen molar-refractivity contribution in [1.82, 2.24) is 9.88 Å². The Balaban J connectivity index is 1.62. The first-order chi connectivity index (χ1) is 15.5. The molecule has 1 saturated heterocycles. The maximum Gasteiger partial charge on any atom is 0.244 e. The Kier molecular flexibility index (Phi) is 7.20. The highest BCUT2D eigenvalue weighted by atomic mass is 32.2. The number of rotatable bonds is 8. The van der Waals surface area contributed by atoms with E-state index in [9.17, 15) is 13.2 Å². The Morgan fingerprint density at radius 2 is 1.88 bits per heavy atom. The van der Waals surface area contributed by atoms with Gasteiger partial charge in [0.25, 0.3) is 0 Å². The second-order valence-electron chi connectivity index (χ2n) is 7.69. The van der Waals surface area contributed by atoms with E-state index in [0.717, 1.165) is 35.3 Å². The molecule has 0 spiro atoms. The summed E-state index contributed by atoms with van der Waals surface area (Å²) < 4.78 is 32.1. The molecule has 1 aromatic heterocycles. The summed E-state index contributed by atoms with van der Waals surface area (Å²) in [6.45, 7) is 6.01. The lowest BCUT2D eigenvalue weighted by molar-refractivity contribution is -0.116. The van der Waals surface area contributed by atoms with Crippen molar-refractivity contribution < 1.29 is 17.9 Å². The lowest BCUT2D eigenvalue weighted by Gasteiger charge is -2.29. The number of hydrogen-bond donors (Lipinski definition) is 0. The molecule has 7 nitrogen and oxygen atoms in total. The number of carbonyl (C=O) groups excluding carboxylic acids is 1. The molecule has 0 unspecified atom stereocenters. The Hall–Kier alpha value is -2.33. The molecule has 9 heteroatoms. The fourth-order valence-corrected chi connectivity index (χ4v) is 6.02. The van der Waals surface area contributed by atoms with Gasteiger partial charge >= 0.3 is 0 Å². The number of anilines is 1. The van der Waals surface area contributed by atoms with Crippen LogP contribution in [0.4, 0.5) is 5.13 Å². The number of benzene rings is 2. The van der Waals surface area contributed by atoms with Crippen LogP contribution in [0.1, 0.15) is 12.5 Å². The number of carbonyl (C=O) groups is 1. The quantitative estimate of drug-likeness (QED) is 0.500. The van der Waals surface area contributed by atoms with Crippen LogP contribution in [-0.2, 0) is 25.8 Å². The summed E-state index contributed by atoms with van der Waals surface area (Å²) in [4.78, 5) is 22.0. The minimum absolute atomic E-state index is 0.152. The molecule has 2 heterocycles. The van der Waals surface area contributed by atoms with E-state index in [0.29, 0.717) is 31.4 Å². The molecule has 0 N–H and O–H groups in total. The summed E-state index contributed by atoms with van der Waals surface area (Å²) in [7, 11) is -3.75. The van der Waals surface area contributed by atoms with Gasteiger partial charge in [0, 0.05) is 26.2 Å². The number of nitrogens with zero attached hydrogens (tertiary/aromatic N) is 3. The van der Waals surface area contributed by atoms with Crippen LogP contribution < -0.4 is 4.90 Å². The van der Waals surface area contributed by atoms with Crippen molar-refractivity contribution in [2.75, 3.05) is 50.0 Å². The topological polar surface area (TPSA) is 79.8 Å². The second-order valence-corrected chi connectivity index (χ2v) is 10.7. The SMILES string of the molecule is CCc1cccc2sc(N(CCN3CCOCC3)C(=O)CS(=O)(=O)c3ccccc3)nc12. The van der Waals surface area contributed by atoms with Crippen LogP contribution in [0.3, 0.4) is 0 Å². The molecule has 4 rings (SSSR count). The standard InChI is InChI=1S/C23H27N3O4S2/c1-2-18-7-6-10-20-22(18)24-23(31-20)26(12-11-25-13-15-30-16-14-25)21(27)17-32(28,29)19-8-4-3-5-9-19/h3-10H,2,11-17H2,1H3. The minimum atomic E-state index is -3.75. The van der Waals surface area contributed by atoms with Gasteiger partial charge in [-0.25, -0.2) is 13.4 Å². The summed E-state index contributed by atoms with van der Waals surface area (Å²) >= 11 is 1.43. The third-order valence-electron chi connectivity index (χ3n) is 5.56. The van der Waals surface area contributed by atoms with Crippen LogP contribution in [0.15, 0.2) is 53.4 Å². The van der Waals surface area contributed by atoms with Gasteiger partial charge in [-0.1, -0.05) is 48.6 Å². The molecule has 0 atom stereocenters. The number of sulfone groups is 1. The normalized spacial score (nSPS) is 15.2. The summed E-state index contributed by atoms with van der Waals surface area (Å²) in [6.07, 6.45) is 0.838. The molecule has 0 bridgehead atoms. The molecule has 1 amide bonds. The maximum atomic E-state index is 13.3. The number of fused-ring (bicyclic) bond motifs is 1. The fourth-order valence-electron chi connectivity index (χ4n) is 3.74. The largest absolute Gasteiger partial charge is 0.379 e. The predicted octanol–water partition coefficient (Wildman–Crippen LogP) is 3.00. The number of morpholine rings is 1. The molecule has 0 radical (unpaired) electrons. The van der Waals surface area contributed by atoms with Crippen molar-refractivity contribution in [2.24, 2.45) is 0 Å². The molecule has 0 saturated carbocycles. The number of para-hydroxylation sites is 1. The lowest BCUT2D eigenvalue weighted by Crippen LogP contribution is -2.44. The Bertz CT molecular complexity index is 1170. The van der Waals surface area contributed by atoms with E-state index in [1.165, 1.54) is 23.5 Å². The van der Waals surface area contributed by atoms with Gasteiger partial charge in [0.05, 0.1) is 28.3 Å². The van der Waals surface area contributed by atoms with Gasteiger partial charge < -0.3 is 4.74 Å². The monoisotopic (exact) mass is 473 g/mol. The van der Waals surface area contributed by atoms with E-state index >= 15 is 0 Å². The number of hydrogen-bond acceptors (Lipinski definition) is 7. The zero-order valence-corrected chi connectivity index (χ0v) is 19.7. The van der Waals surface area contributed by atoms with Crippen LogP contribution in [0.25, 0.3) is 10.2 Å². The zero-order chi connectivity index (χ0) is 22.6. The van der Waals surface area contributed by atoms with Gasteiger partial charge in [-0.3, -0.25) is 14.6 Å². The van der Waals surface area contributed by atoms with Gasteiger partial charge in [-0.05, 0) is 30.2 Å². The average Bonchev–Trinajstić information content (AvgIpc) is 3.24. The molecule has 0 aliphatic carbocycles. The second kappa shape index (κ2) is 10.1. The molecule has 1 aliphatic rings. The average molecular weight is 474 g/mol. The van der Waals surface area contributed by atoms with Crippen molar-refractivity contribution in [3.8, 4) is 0 Å². The molecule has 1 fully saturated rings. The van der Waals surface area contributed by atoms with E-state index in [1.807, 2.05) is 18.2 Å². The van der Waals surface area contributed by atoms with E-state index in [1.54, 1.807) is 23.1 Å². The Morgan fingerprint density at radius 3 is 2.59 bits per heavy atom. The van der Waals surface area contributed by atoms with Gasteiger partial charge in [-0.15, -0.1) is 0 Å². The van der Waals surface area contributed by atoms with Crippen LogP contribution in [0.2, 0.25) is 0 Å². The summed E-state index contributed by atoms with van der Waals surface area (Å²) in [6, 6.07) is 14.1. The number of ether oxygens (including phenoxy) is 1. The van der Waals surface area contributed by atoms with E-state index in [-0.39, 0.29) is 4.90 Å². The molecule has 3 aromatic rings. The van der Waals surface area contributed by atoms with Gasteiger partial charge in [-0.2, -0.15) is 0 Å². The van der Waals surface area contributed by atoms with Crippen LogP contribution in [0, 0.1) is 0 Å². The third-order valence-corrected chi connectivity index (χ3v) is 8.22. The van der Waals surface area contributed by atoms with Crippen molar-refractivity contribution in [1.29, 1.82) is 0 Å². The van der Waals surface area contributed by atoms with Crippen molar-refractivity contribution >= 4 is 42.4 Å². The number of thiazole rings is 1. The number of aromatic nitrogens is 1. The molecule has 32 heavy (non-hydrogen) atoms. The Morgan fingerprint density at radius 1 is 1.12 bits per heavy atom. The molecular weight excluding hydrogens is 446 g/mol. The molecule has 2 aromatic carbocycles. The highest BCUT2D eigenvalue weighted by Gasteiger charge is 2.27. The van der Waals surface area contributed by atoms with E-state index < -0.39 is 21.5 Å². The van der Waals surface area contributed by atoms with E-state index in [2.05, 4.69) is 11.8 Å². The van der Waals surface area contributed by atoms with Crippen LogP contribution in [0.5, 0.6) is 0 Å². The first kappa shape index (κ1) is 22.8. The number of aryl methyl sites for hydroxylation is 1. The zero-order valence-electron chi connectivity index (χ0n) is 18.1. The molecule has 1 aliphatic heterocycles. The van der Waals surface area contributed by atoms with Gasteiger partial charge in [0.1, 0.15) is 5.75 Å². The first-order valence-electron chi connectivity index (χ1n) is 10.7. The predicted molar refractivity (Wildman–Crippen MR) is 127 cm³/mol. The van der Waals surface area contributed by atoms with Crippen molar-refractivity contribution in [3.63, 3.8) is 0 Å². The maximum absolute atomic E-state index is 13.3. The van der Waals surface area contributed by atoms with Crippen LogP contribution >= 0.6 is 11.3 Å². The fraction of sp³-hybridized carbons (Fsp3) is 0.391. The summed E-state index contributed by atoms with van der Waals surface area (Å²) in [5.74, 6) is -1.05. The van der Waals surface area contributed by atoms with Crippen molar-refractivity contribution in [2.45, 2.75) is 18.2 Å². The van der Waals surface area contributed by atoms with Crippen molar-refractivity contribution in [3.05, 3.63) is 54.1 Å². The van der Waals surface area contributed by atoms with E-state index in [4.69, 9.17) is 9.72 Å². The van der Waals surface area contributed by atoms with Gasteiger partial charge in [0.2, 0.25) is 5.91 Å². The molecular formula is C23H27N3O4S2. The minimum Gasteiger partial charge on any atom is -0.379 e. The summed E-state index contributed by atoms with van der Waals surface area (Å²) in [5.41, 5.74) is 1.99. The third kappa shape index (κ3) is 5.17. The summed E-state index contributed by atoms with van der Waals surface area (Å²) in [5, 5.41) is 0.544.